The molecule has 2 aliphatic heterocycles. The average molecular weight is 472 g/mol. The maximum atomic E-state index is 14.7. The molecule has 184 valence electrons. The minimum Gasteiger partial charge on any atom is -0.352 e. The second-order valence-electron chi connectivity index (χ2n) is 10.2. The van der Waals surface area contributed by atoms with Crippen molar-refractivity contribution in [1.82, 2.24) is 9.80 Å². The molecule has 1 N–H and O–H groups in total. The van der Waals surface area contributed by atoms with Crippen molar-refractivity contribution in [3.05, 3.63) is 108 Å². The van der Waals surface area contributed by atoms with E-state index in [4.69, 9.17) is 0 Å². The van der Waals surface area contributed by atoms with Crippen LogP contribution in [0.2, 0.25) is 0 Å². The molecule has 3 nitrogen and oxygen atoms in total. The molecule has 4 rings (SSSR count). The highest BCUT2D eigenvalue weighted by Crippen LogP contribution is 2.39. The molecule has 2 aliphatic rings. The van der Waals surface area contributed by atoms with E-state index in [1.54, 1.807) is 12.1 Å². The van der Waals surface area contributed by atoms with E-state index in [-0.39, 0.29) is 18.0 Å². The average Bonchev–Trinajstić information content (AvgIpc) is 3.24. The summed E-state index contributed by atoms with van der Waals surface area (Å²) in [5.74, 6) is 0.442. The molecule has 0 fully saturated rings. The molecule has 2 heterocycles. The smallest absolute Gasteiger partial charge is 0.158 e. The highest BCUT2D eigenvalue weighted by Gasteiger charge is 2.34. The number of aryl methyl sites for hydroxylation is 1. The van der Waals surface area contributed by atoms with Gasteiger partial charge in [0.15, 0.2) is 6.29 Å². The number of anilines is 1. The van der Waals surface area contributed by atoms with Crippen LogP contribution in [0, 0.1) is 17.7 Å². The second kappa shape index (κ2) is 10.2. The number of hydrogen-bond acceptors (Lipinski definition) is 3. The Morgan fingerprint density at radius 1 is 1.20 bits per heavy atom. The summed E-state index contributed by atoms with van der Waals surface area (Å²) in [7, 11) is 2.03. The van der Waals surface area contributed by atoms with Gasteiger partial charge >= 0.3 is 0 Å². The Morgan fingerprint density at radius 3 is 2.46 bits per heavy atom. The molecule has 35 heavy (non-hydrogen) atoms. The predicted octanol–water partition coefficient (Wildman–Crippen LogP) is 7.35. The number of benzene rings is 2. The Bertz CT molecular complexity index is 1150. The van der Waals surface area contributed by atoms with E-state index < -0.39 is 0 Å². The van der Waals surface area contributed by atoms with Gasteiger partial charge in [0.1, 0.15) is 5.82 Å². The van der Waals surface area contributed by atoms with E-state index in [0.29, 0.717) is 5.92 Å². The van der Waals surface area contributed by atoms with Crippen LogP contribution < -0.4 is 5.32 Å². The number of hydrogen-bond donors (Lipinski definition) is 1. The summed E-state index contributed by atoms with van der Waals surface area (Å²) < 4.78 is 14.7. The first-order chi connectivity index (χ1) is 16.7. The zero-order valence-electron chi connectivity index (χ0n) is 21.6. The van der Waals surface area contributed by atoms with Gasteiger partial charge in [0, 0.05) is 43.0 Å². The Balaban J connectivity index is 1.58. The summed E-state index contributed by atoms with van der Waals surface area (Å²) in [6.45, 7) is 20.7. The van der Waals surface area contributed by atoms with Crippen molar-refractivity contribution < 1.29 is 4.39 Å². The summed E-state index contributed by atoms with van der Waals surface area (Å²) >= 11 is 0. The molecule has 0 radical (unpaired) electrons. The van der Waals surface area contributed by atoms with E-state index in [0.717, 1.165) is 54.0 Å². The van der Waals surface area contributed by atoms with E-state index in [9.17, 15) is 4.39 Å². The maximum absolute atomic E-state index is 14.7. The van der Waals surface area contributed by atoms with Crippen molar-refractivity contribution in [3.63, 3.8) is 0 Å². The molecule has 3 atom stereocenters. The number of fused-ring (bicyclic) bond motifs is 2. The van der Waals surface area contributed by atoms with Crippen LogP contribution in [-0.4, -0.2) is 23.1 Å². The van der Waals surface area contributed by atoms with Gasteiger partial charge in [-0.1, -0.05) is 74.2 Å². The topological polar surface area (TPSA) is 18.5 Å². The largest absolute Gasteiger partial charge is 0.352 e. The third-order valence-corrected chi connectivity index (χ3v) is 7.61. The SMILES string of the molecule is C=C/C=C(/C)C(C(=C)C)C(C)CCc1cc(F)cc2c1NC(N1Cc3ccccc3C1)N(C)C2=C. The van der Waals surface area contributed by atoms with E-state index in [2.05, 4.69) is 86.0 Å². The summed E-state index contributed by atoms with van der Waals surface area (Å²) in [6, 6.07) is 11.9. The predicted molar refractivity (Wildman–Crippen MR) is 146 cm³/mol. The fourth-order valence-electron chi connectivity index (χ4n) is 5.85. The van der Waals surface area contributed by atoms with Crippen molar-refractivity contribution in [2.45, 2.75) is 53.0 Å². The monoisotopic (exact) mass is 471 g/mol. The molecule has 0 saturated heterocycles. The van der Waals surface area contributed by atoms with E-state index in [1.807, 2.05) is 13.1 Å². The van der Waals surface area contributed by atoms with Crippen LogP contribution in [0.4, 0.5) is 10.1 Å². The molecule has 0 aliphatic carbocycles. The van der Waals surface area contributed by atoms with Crippen molar-refractivity contribution in [2.24, 2.45) is 11.8 Å². The van der Waals surface area contributed by atoms with Gasteiger partial charge in [0.25, 0.3) is 0 Å². The van der Waals surface area contributed by atoms with Gasteiger partial charge in [-0.3, -0.25) is 4.90 Å². The standard InChI is InChI=1S/C31H38FN3/c1-8-11-21(4)29(20(2)3)22(5)14-15-24-16-27(32)17-28-23(6)34(7)31(33-30(24)28)35-18-25-12-9-10-13-26(25)19-35/h8-13,16-17,22,29,31,33H,1-2,6,14-15,18-19H2,3-5,7H3/b21-11-. The highest BCUT2D eigenvalue weighted by molar-refractivity contribution is 5.79. The van der Waals surface area contributed by atoms with Gasteiger partial charge in [-0.15, -0.1) is 0 Å². The lowest BCUT2D eigenvalue weighted by Gasteiger charge is -2.43. The van der Waals surface area contributed by atoms with Gasteiger partial charge in [-0.25, -0.2) is 4.39 Å². The van der Waals surface area contributed by atoms with E-state index >= 15 is 0 Å². The first-order valence-corrected chi connectivity index (χ1v) is 12.5. The van der Waals surface area contributed by atoms with Crippen LogP contribution in [0.5, 0.6) is 0 Å². The van der Waals surface area contributed by atoms with Crippen LogP contribution in [0.3, 0.4) is 0 Å². The van der Waals surface area contributed by atoms with Crippen LogP contribution in [0.1, 0.15) is 49.4 Å². The highest BCUT2D eigenvalue weighted by atomic mass is 19.1. The molecule has 4 heteroatoms. The minimum atomic E-state index is -0.214. The number of rotatable bonds is 8. The van der Waals surface area contributed by atoms with Gasteiger partial charge in [0.05, 0.1) is 0 Å². The van der Waals surface area contributed by atoms with Crippen molar-refractivity contribution in [2.75, 3.05) is 12.4 Å². The molecular weight excluding hydrogens is 433 g/mol. The van der Waals surface area contributed by atoms with Crippen LogP contribution >= 0.6 is 0 Å². The van der Waals surface area contributed by atoms with Crippen molar-refractivity contribution in [3.8, 4) is 0 Å². The minimum absolute atomic E-state index is 0.0371. The Morgan fingerprint density at radius 2 is 1.86 bits per heavy atom. The fraction of sp³-hybridized carbons (Fsp3) is 0.355. The molecule has 0 spiro atoms. The van der Waals surface area contributed by atoms with Crippen LogP contribution in [-0.2, 0) is 19.5 Å². The molecule has 0 amide bonds. The quantitative estimate of drug-likeness (QED) is 0.321. The second-order valence-corrected chi connectivity index (χ2v) is 10.2. The van der Waals surface area contributed by atoms with Crippen molar-refractivity contribution >= 4 is 11.4 Å². The summed E-state index contributed by atoms with van der Waals surface area (Å²) in [5, 5.41) is 3.75. The van der Waals surface area contributed by atoms with Gasteiger partial charge in [-0.05, 0) is 61.4 Å². The third kappa shape index (κ3) is 4.99. The molecule has 0 bridgehead atoms. The first kappa shape index (κ1) is 25.0. The summed E-state index contributed by atoms with van der Waals surface area (Å²) in [6.07, 6.45) is 5.58. The Labute approximate surface area is 210 Å². The van der Waals surface area contributed by atoms with Crippen LogP contribution in [0.15, 0.2) is 79.4 Å². The van der Waals surface area contributed by atoms with E-state index in [1.165, 1.54) is 16.7 Å². The lowest BCUT2D eigenvalue weighted by atomic mass is 9.79. The number of halogens is 1. The zero-order valence-corrected chi connectivity index (χ0v) is 21.6. The maximum Gasteiger partial charge on any atom is 0.158 e. The van der Waals surface area contributed by atoms with Gasteiger partial charge < -0.3 is 10.2 Å². The number of nitrogens with one attached hydrogen (secondary N) is 1. The first-order valence-electron chi connectivity index (χ1n) is 12.5. The lowest BCUT2D eigenvalue weighted by molar-refractivity contribution is 0.118. The molecule has 2 aromatic rings. The molecule has 2 aromatic carbocycles. The number of nitrogens with zero attached hydrogens (tertiary/aromatic N) is 2. The fourth-order valence-corrected chi connectivity index (χ4v) is 5.85. The Kier molecular flexibility index (Phi) is 7.32. The van der Waals surface area contributed by atoms with Gasteiger partial charge in [-0.2, -0.15) is 0 Å². The normalized spacial score (nSPS) is 19.6. The lowest BCUT2D eigenvalue weighted by Crippen LogP contribution is -2.51. The zero-order chi connectivity index (χ0) is 25.3. The number of allylic oxidation sites excluding steroid dienone is 4. The summed E-state index contributed by atoms with van der Waals surface area (Å²) in [5.41, 5.74) is 8.85. The van der Waals surface area contributed by atoms with Gasteiger partial charge in [0.2, 0.25) is 0 Å². The Hall–Kier alpha value is -3.11. The molecule has 3 unspecified atom stereocenters. The summed E-state index contributed by atoms with van der Waals surface area (Å²) in [4.78, 5) is 4.54. The molecule has 0 aromatic heterocycles. The molecule has 0 saturated carbocycles. The van der Waals surface area contributed by atoms with Crippen molar-refractivity contribution in [1.29, 1.82) is 0 Å². The molecular formula is C31H38FN3. The third-order valence-electron chi connectivity index (χ3n) is 7.61. The van der Waals surface area contributed by atoms with Crippen LogP contribution in [0.25, 0.3) is 5.70 Å².